The number of anilines is 1. The summed E-state index contributed by atoms with van der Waals surface area (Å²) in [6, 6.07) is 16.4. The number of amides is 2. The standard InChI is InChI=1S/C20H19N3O2S/c1-12-11-18(23-17-6-4-3-5-16(12)17)26-13(2)20(25)22-15-9-7-14(8-10-15)19(21)24/h3-11,13H,1-2H3,(H2,21,24)(H,22,25). The van der Waals surface area contributed by atoms with E-state index in [0.717, 1.165) is 21.5 Å². The van der Waals surface area contributed by atoms with Gasteiger partial charge in [-0.25, -0.2) is 4.98 Å². The number of carbonyl (C=O) groups is 2. The third-order valence-corrected chi connectivity index (χ3v) is 5.02. The second-order valence-corrected chi connectivity index (χ2v) is 7.35. The van der Waals surface area contributed by atoms with Crippen LogP contribution in [0.2, 0.25) is 0 Å². The predicted octanol–water partition coefficient (Wildman–Crippen LogP) is 3.76. The summed E-state index contributed by atoms with van der Waals surface area (Å²) < 4.78 is 0. The van der Waals surface area contributed by atoms with Crippen LogP contribution in [0.4, 0.5) is 5.69 Å². The van der Waals surface area contributed by atoms with Crippen LogP contribution >= 0.6 is 11.8 Å². The number of benzene rings is 2. The van der Waals surface area contributed by atoms with Gasteiger partial charge in [0.25, 0.3) is 0 Å². The summed E-state index contributed by atoms with van der Waals surface area (Å²) in [5.74, 6) is -0.626. The van der Waals surface area contributed by atoms with Crippen LogP contribution < -0.4 is 11.1 Å². The van der Waals surface area contributed by atoms with Crippen LogP contribution in [-0.4, -0.2) is 22.0 Å². The summed E-state index contributed by atoms with van der Waals surface area (Å²) in [6.45, 7) is 3.88. The molecule has 2 amide bonds. The van der Waals surface area contributed by atoms with E-state index in [1.165, 1.54) is 11.8 Å². The molecular formula is C20H19N3O2S. The highest BCUT2D eigenvalue weighted by Gasteiger charge is 2.16. The van der Waals surface area contributed by atoms with Gasteiger partial charge in [-0.05, 0) is 55.8 Å². The van der Waals surface area contributed by atoms with Gasteiger partial charge in [0.05, 0.1) is 15.8 Å². The number of nitrogens with two attached hydrogens (primary N) is 1. The van der Waals surface area contributed by atoms with Gasteiger partial charge in [-0.3, -0.25) is 9.59 Å². The first-order valence-electron chi connectivity index (χ1n) is 8.18. The number of pyridine rings is 1. The zero-order valence-corrected chi connectivity index (χ0v) is 15.3. The van der Waals surface area contributed by atoms with Crippen molar-refractivity contribution in [2.45, 2.75) is 24.1 Å². The van der Waals surface area contributed by atoms with Crippen LogP contribution in [0.5, 0.6) is 0 Å². The average Bonchev–Trinajstić information content (AvgIpc) is 2.62. The molecular weight excluding hydrogens is 346 g/mol. The first-order valence-corrected chi connectivity index (χ1v) is 9.06. The summed E-state index contributed by atoms with van der Waals surface area (Å²) in [5.41, 5.74) is 8.29. The van der Waals surface area contributed by atoms with Crippen molar-refractivity contribution in [2.75, 3.05) is 5.32 Å². The molecule has 0 aliphatic heterocycles. The molecule has 1 heterocycles. The lowest BCUT2D eigenvalue weighted by molar-refractivity contribution is -0.115. The van der Waals surface area contributed by atoms with E-state index in [0.29, 0.717) is 11.3 Å². The zero-order chi connectivity index (χ0) is 18.7. The maximum Gasteiger partial charge on any atom is 0.248 e. The lowest BCUT2D eigenvalue weighted by Gasteiger charge is -2.13. The fourth-order valence-electron chi connectivity index (χ4n) is 2.58. The van der Waals surface area contributed by atoms with Gasteiger partial charge in [0, 0.05) is 16.6 Å². The van der Waals surface area contributed by atoms with Crippen LogP contribution in [-0.2, 0) is 4.79 Å². The Morgan fingerprint density at radius 3 is 2.50 bits per heavy atom. The molecule has 0 fully saturated rings. The number of fused-ring (bicyclic) bond motifs is 1. The van der Waals surface area contributed by atoms with E-state index < -0.39 is 5.91 Å². The normalized spacial score (nSPS) is 11.9. The lowest BCUT2D eigenvalue weighted by atomic mass is 10.1. The third kappa shape index (κ3) is 4.03. The Hall–Kier alpha value is -2.86. The van der Waals surface area contributed by atoms with Gasteiger partial charge in [0.15, 0.2) is 0 Å². The van der Waals surface area contributed by atoms with Gasteiger partial charge >= 0.3 is 0 Å². The number of hydrogen-bond donors (Lipinski definition) is 2. The molecule has 0 aliphatic rings. The molecule has 1 atom stereocenters. The van der Waals surface area contributed by atoms with Crippen molar-refractivity contribution < 1.29 is 9.59 Å². The molecule has 6 heteroatoms. The molecule has 0 aliphatic carbocycles. The molecule has 0 radical (unpaired) electrons. The SMILES string of the molecule is Cc1cc(SC(C)C(=O)Nc2ccc(C(N)=O)cc2)nc2ccccc12. The highest BCUT2D eigenvalue weighted by atomic mass is 32.2. The van der Waals surface area contributed by atoms with Crippen molar-refractivity contribution in [2.24, 2.45) is 5.73 Å². The zero-order valence-electron chi connectivity index (χ0n) is 14.5. The maximum absolute atomic E-state index is 12.4. The van der Waals surface area contributed by atoms with Crippen molar-refractivity contribution in [1.29, 1.82) is 0 Å². The summed E-state index contributed by atoms with van der Waals surface area (Å²) in [5, 5.41) is 4.45. The first kappa shape index (κ1) is 17.9. The second kappa shape index (κ2) is 7.58. The molecule has 3 aromatic rings. The third-order valence-electron chi connectivity index (χ3n) is 4.00. The number of nitrogens with one attached hydrogen (secondary N) is 1. The highest BCUT2D eigenvalue weighted by molar-refractivity contribution is 8.00. The molecule has 0 saturated carbocycles. The molecule has 132 valence electrons. The minimum Gasteiger partial charge on any atom is -0.366 e. The number of aryl methyl sites for hydroxylation is 1. The molecule has 0 saturated heterocycles. The van der Waals surface area contributed by atoms with E-state index in [9.17, 15) is 9.59 Å². The summed E-state index contributed by atoms with van der Waals surface area (Å²) >= 11 is 1.41. The van der Waals surface area contributed by atoms with Gasteiger partial charge in [-0.15, -0.1) is 0 Å². The van der Waals surface area contributed by atoms with Gasteiger partial charge in [-0.2, -0.15) is 0 Å². The molecule has 0 spiro atoms. The largest absolute Gasteiger partial charge is 0.366 e. The van der Waals surface area contributed by atoms with Gasteiger partial charge in [0.1, 0.15) is 0 Å². The fourth-order valence-corrected chi connectivity index (χ4v) is 3.50. The van der Waals surface area contributed by atoms with Gasteiger partial charge in [0.2, 0.25) is 11.8 Å². The number of hydrogen-bond acceptors (Lipinski definition) is 4. The summed E-state index contributed by atoms with van der Waals surface area (Å²) in [4.78, 5) is 28.2. The number of aromatic nitrogens is 1. The maximum atomic E-state index is 12.4. The molecule has 1 aromatic heterocycles. The Morgan fingerprint density at radius 1 is 1.12 bits per heavy atom. The minimum absolute atomic E-state index is 0.130. The Balaban J connectivity index is 1.70. The Labute approximate surface area is 156 Å². The number of rotatable bonds is 5. The number of nitrogens with zero attached hydrogens (tertiary/aromatic N) is 1. The molecule has 1 unspecified atom stereocenters. The quantitative estimate of drug-likeness (QED) is 0.674. The van der Waals surface area contributed by atoms with E-state index in [2.05, 4.69) is 10.3 Å². The van der Waals surface area contributed by atoms with Crippen LogP contribution in [0.1, 0.15) is 22.8 Å². The van der Waals surface area contributed by atoms with Crippen molar-refractivity contribution in [3.63, 3.8) is 0 Å². The number of carbonyl (C=O) groups excluding carboxylic acids is 2. The van der Waals surface area contributed by atoms with Crippen LogP contribution in [0, 0.1) is 6.92 Å². The molecule has 26 heavy (non-hydrogen) atoms. The molecule has 3 rings (SSSR count). The number of para-hydroxylation sites is 1. The van der Waals surface area contributed by atoms with Crippen molar-refractivity contribution in [3.05, 3.63) is 65.7 Å². The molecule has 3 N–H and O–H groups in total. The monoisotopic (exact) mass is 365 g/mol. The topological polar surface area (TPSA) is 85.1 Å². The predicted molar refractivity (Wildman–Crippen MR) is 105 cm³/mol. The first-order chi connectivity index (χ1) is 12.4. The molecule has 2 aromatic carbocycles. The second-order valence-electron chi connectivity index (χ2n) is 5.99. The van der Waals surface area contributed by atoms with E-state index in [1.54, 1.807) is 24.3 Å². The van der Waals surface area contributed by atoms with Crippen molar-refractivity contribution in [1.82, 2.24) is 4.98 Å². The number of thioether (sulfide) groups is 1. The minimum atomic E-state index is -0.496. The average molecular weight is 365 g/mol. The van der Waals surface area contributed by atoms with Crippen molar-refractivity contribution in [3.8, 4) is 0 Å². The Bertz CT molecular complexity index is 970. The van der Waals surface area contributed by atoms with E-state index >= 15 is 0 Å². The summed E-state index contributed by atoms with van der Waals surface area (Å²) in [7, 11) is 0. The van der Waals surface area contributed by atoms with Gasteiger partial charge in [-0.1, -0.05) is 30.0 Å². The van der Waals surface area contributed by atoms with Crippen LogP contribution in [0.3, 0.4) is 0 Å². The summed E-state index contributed by atoms with van der Waals surface area (Å²) in [6.07, 6.45) is 0. The molecule has 0 bridgehead atoms. The fraction of sp³-hybridized carbons (Fsp3) is 0.150. The highest BCUT2D eigenvalue weighted by Crippen LogP contribution is 2.27. The van der Waals surface area contributed by atoms with E-state index in [-0.39, 0.29) is 11.2 Å². The van der Waals surface area contributed by atoms with E-state index in [4.69, 9.17) is 5.73 Å². The van der Waals surface area contributed by atoms with E-state index in [1.807, 2.05) is 44.2 Å². The van der Waals surface area contributed by atoms with Crippen LogP contribution in [0.15, 0.2) is 59.6 Å². The lowest BCUT2D eigenvalue weighted by Crippen LogP contribution is -2.22. The smallest absolute Gasteiger partial charge is 0.248 e. The Morgan fingerprint density at radius 2 is 1.81 bits per heavy atom. The Kier molecular flexibility index (Phi) is 5.23. The molecule has 5 nitrogen and oxygen atoms in total. The van der Waals surface area contributed by atoms with Crippen LogP contribution in [0.25, 0.3) is 10.9 Å². The van der Waals surface area contributed by atoms with Crippen molar-refractivity contribution >= 4 is 40.2 Å². The van der Waals surface area contributed by atoms with Gasteiger partial charge < -0.3 is 11.1 Å². The number of primary amides is 1.